The minimum absolute atomic E-state index is 0. The highest BCUT2D eigenvalue weighted by Crippen LogP contribution is 2.12. The van der Waals surface area contributed by atoms with Crippen molar-refractivity contribution in [2.24, 2.45) is 10.9 Å². The molecule has 2 rings (SSSR count). The van der Waals surface area contributed by atoms with E-state index < -0.39 is 0 Å². The molecule has 29 heavy (non-hydrogen) atoms. The number of anilines is 1. The Labute approximate surface area is 191 Å². The molecule has 1 heterocycles. The van der Waals surface area contributed by atoms with Crippen molar-refractivity contribution < 1.29 is 14.3 Å². The zero-order valence-corrected chi connectivity index (χ0v) is 19.9. The second-order valence-corrected chi connectivity index (χ2v) is 7.01. The Hall–Kier alpha value is -1.39. The maximum absolute atomic E-state index is 11.7. The quantitative estimate of drug-likeness (QED) is 0.182. The fraction of sp³-hybridized carbons (Fsp3) is 0.619. The lowest BCUT2D eigenvalue weighted by molar-refractivity contribution is -0.116. The highest BCUT2D eigenvalue weighted by Gasteiger charge is 2.15. The predicted molar refractivity (Wildman–Crippen MR) is 128 cm³/mol. The summed E-state index contributed by atoms with van der Waals surface area (Å²) in [5.41, 5.74) is 1.91. The number of benzene rings is 1. The van der Waals surface area contributed by atoms with Gasteiger partial charge in [0.05, 0.1) is 13.2 Å². The number of nitrogens with one attached hydrogen (secondary N) is 3. The van der Waals surface area contributed by atoms with E-state index >= 15 is 0 Å². The summed E-state index contributed by atoms with van der Waals surface area (Å²) in [4.78, 5) is 16.0. The molecule has 1 atom stereocenters. The first-order chi connectivity index (χ1) is 13.7. The Morgan fingerprint density at radius 3 is 2.93 bits per heavy atom. The maximum Gasteiger partial charge on any atom is 0.224 e. The molecule has 1 saturated heterocycles. The Balaban J connectivity index is 0.00000420. The molecule has 1 fully saturated rings. The molecule has 1 aromatic rings. The van der Waals surface area contributed by atoms with Crippen LogP contribution < -0.4 is 16.0 Å². The summed E-state index contributed by atoms with van der Waals surface area (Å²) >= 11 is 0. The molecule has 0 bridgehead atoms. The number of nitrogens with zero attached hydrogens (tertiary/aromatic N) is 1. The molecular weight excluding hydrogens is 483 g/mol. The third kappa shape index (κ3) is 10.8. The van der Waals surface area contributed by atoms with Crippen LogP contribution in [-0.4, -0.2) is 51.9 Å². The molecule has 1 unspecified atom stereocenters. The fourth-order valence-corrected chi connectivity index (χ4v) is 2.96. The largest absolute Gasteiger partial charge is 0.381 e. The minimum atomic E-state index is 0. The van der Waals surface area contributed by atoms with Crippen LogP contribution in [-0.2, 0) is 20.8 Å². The molecular formula is C21H35IN4O3. The zero-order chi connectivity index (χ0) is 20.0. The summed E-state index contributed by atoms with van der Waals surface area (Å²) in [6.07, 6.45) is 3.41. The lowest BCUT2D eigenvalue weighted by Crippen LogP contribution is -2.37. The number of ether oxygens (including phenoxy) is 2. The molecule has 0 saturated carbocycles. The number of amides is 1. The standard InChI is InChI=1S/C21H34N4O3.HI/c1-3-6-20(26)25-19-8-4-7-17(13-19)14-24-21(22-2)23-10-5-11-27-15-18-9-12-28-16-18;/h4,7-8,13,18H,3,5-6,9-12,14-16H2,1-2H3,(H,25,26)(H2,22,23,24);1H. The van der Waals surface area contributed by atoms with Crippen molar-refractivity contribution in [2.75, 3.05) is 45.3 Å². The highest BCUT2D eigenvalue weighted by molar-refractivity contribution is 14.0. The SMILES string of the molecule is CCCC(=O)Nc1cccc(CNC(=NC)NCCCOCC2CCOC2)c1.I. The van der Waals surface area contributed by atoms with Crippen LogP contribution in [0, 0.1) is 5.92 Å². The van der Waals surface area contributed by atoms with E-state index in [2.05, 4.69) is 20.9 Å². The molecule has 1 amide bonds. The first kappa shape index (κ1) is 25.6. The lowest BCUT2D eigenvalue weighted by Gasteiger charge is -2.13. The first-order valence-electron chi connectivity index (χ1n) is 10.2. The Kier molecular flexibility index (Phi) is 13.7. The van der Waals surface area contributed by atoms with Crippen molar-refractivity contribution in [3.8, 4) is 0 Å². The second-order valence-electron chi connectivity index (χ2n) is 7.01. The summed E-state index contributed by atoms with van der Waals surface area (Å²) in [5, 5.41) is 9.52. The number of rotatable bonds is 11. The molecule has 0 radical (unpaired) electrons. The van der Waals surface area contributed by atoms with E-state index in [1.54, 1.807) is 7.05 Å². The van der Waals surface area contributed by atoms with Gasteiger partial charge in [-0.25, -0.2) is 0 Å². The summed E-state index contributed by atoms with van der Waals surface area (Å²) in [6, 6.07) is 7.86. The Morgan fingerprint density at radius 1 is 1.34 bits per heavy atom. The van der Waals surface area contributed by atoms with Crippen molar-refractivity contribution in [2.45, 2.75) is 39.2 Å². The van der Waals surface area contributed by atoms with Gasteiger partial charge in [-0.15, -0.1) is 24.0 Å². The van der Waals surface area contributed by atoms with Gasteiger partial charge in [-0.1, -0.05) is 19.1 Å². The molecule has 8 heteroatoms. The van der Waals surface area contributed by atoms with E-state index in [0.717, 1.165) is 69.4 Å². The van der Waals surface area contributed by atoms with Gasteiger partial charge in [0, 0.05) is 51.4 Å². The van der Waals surface area contributed by atoms with Gasteiger partial charge >= 0.3 is 0 Å². The number of carbonyl (C=O) groups is 1. The third-order valence-electron chi connectivity index (χ3n) is 4.51. The molecule has 1 aliphatic rings. The lowest BCUT2D eigenvalue weighted by atomic mass is 10.1. The zero-order valence-electron chi connectivity index (χ0n) is 17.5. The van der Waals surface area contributed by atoms with Gasteiger partial charge in [-0.2, -0.15) is 0 Å². The molecule has 3 N–H and O–H groups in total. The summed E-state index contributed by atoms with van der Waals surface area (Å²) < 4.78 is 11.1. The van der Waals surface area contributed by atoms with Gasteiger partial charge in [-0.05, 0) is 37.0 Å². The van der Waals surface area contributed by atoms with Crippen molar-refractivity contribution in [1.29, 1.82) is 0 Å². The molecule has 7 nitrogen and oxygen atoms in total. The molecule has 1 aliphatic heterocycles. The van der Waals surface area contributed by atoms with E-state index in [-0.39, 0.29) is 29.9 Å². The maximum atomic E-state index is 11.7. The van der Waals surface area contributed by atoms with Crippen LogP contribution in [0.15, 0.2) is 29.3 Å². The van der Waals surface area contributed by atoms with Crippen molar-refractivity contribution in [3.63, 3.8) is 0 Å². The first-order valence-corrected chi connectivity index (χ1v) is 10.2. The summed E-state index contributed by atoms with van der Waals surface area (Å²) in [6.45, 7) is 6.65. The monoisotopic (exact) mass is 518 g/mol. The van der Waals surface area contributed by atoms with Gasteiger partial charge in [0.15, 0.2) is 5.96 Å². The molecule has 0 spiro atoms. The number of carbonyl (C=O) groups excluding carboxylic acids is 1. The van der Waals surface area contributed by atoms with Crippen LogP contribution in [0.1, 0.15) is 38.2 Å². The van der Waals surface area contributed by atoms with Crippen LogP contribution in [0.25, 0.3) is 0 Å². The van der Waals surface area contributed by atoms with Crippen LogP contribution >= 0.6 is 24.0 Å². The number of hydrogen-bond donors (Lipinski definition) is 3. The van der Waals surface area contributed by atoms with Crippen molar-refractivity contribution in [3.05, 3.63) is 29.8 Å². The van der Waals surface area contributed by atoms with Gasteiger partial charge in [0.25, 0.3) is 0 Å². The topological polar surface area (TPSA) is 84.0 Å². The Morgan fingerprint density at radius 2 is 2.21 bits per heavy atom. The number of guanidine groups is 1. The van der Waals surface area contributed by atoms with Gasteiger partial charge in [0.2, 0.25) is 5.91 Å². The van der Waals surface area contributed by atoms with Crippen LogP contribution in [0.3, 0.4) is 0 Å². The predicted octanol–water partition coefficient (Wildman–Crippen LogP) is 3.15. The third-order valence-corrected chi connectivity index (χ3v) is 4.51. The second kappa shape index (κ2) is 15.4. The molecule has 164 valence electrons. The van der Waals surface area contributed by atoms with Gasteiger partial charge in [-0.3, -0.25) is 9.79 Å². The summed E-state index contributed by atoms with van der Waals surface area (Å²) in [5.74, 6) is 1.36. The number of aliphatic imine (C=N–C) groups is 1. The Bertz CT molecular complexity index is 622. The van der Waals surface area contributed by atoms with Crippen LogP contribution in [0.5, 0.6) is 0 Å². The van der Waals surface area contributed by atoms with E-state index in [1.165, 1.54) is 0 Å². The normalized spacial score (nSPS) is 16.2. The van der Waals surface area contributed by atoms with Crippen LogP contribution in [0.2, 0.25) is 0 Å². The van der Waals surface area contributed by atoms with E-state index in [1.807, 2.05) is 31.2 Å². The average Bonchev–Trinajstić information content (AvgIpc) is 3.21. The van der Waals surface area contributed by atoms with Gasteiger partial charge < -0.3 is 25.4 Å². The van der Waals surface area contributed by atoms with Crippen molar-refractivity contribution in [1.82, 2.24) is 10.6 Å². The molecule has 0 aliphatic carbocycles. The van der Waals surface area contributed by atoms with E-state index in [0.29, 0.717) is 18.9 Å². The van der Waals surface area contributed by atoms with Crippen LogP contribution in [0.4, 0.5) is 5.69 Å². The van der Waals surface area contributed by atoms with Gasteiger partial charge in [0.1, 0.15) is 0 Å². The average molecular weight is 518 g/mol. The number of hydrogen-bond acceptors (Lipinski definition) is 4. The minimum Gasteiger partial charge on any atom is -0.381 e. The number of halogens is 1. The molecule has 0 aromatic heterocycles. The van der Waals surface area contributed by atoms with E-state index in [9.17, 15) is 4.79 Å². The molecule has 1 aromatic carbocycles. The summed E-state index contributed by atoms with van der Waals surface area (Å²) in [7, 11) is 1.76. The van der Waals surface area contributed by atoms with E-state index in [4.69, 9.17) is 9.47 Å². The van der Waals surface area contributed by atoms with Crippen molar-refractivity contribution >= 4 is 41.5 Å². The fourth-order valence-electron chi connectivity index (χ4n) is 2.96. The smallest absolute Gasteiger partial charge is 0.224 e. The highest BCUT2D eigenvalue weighted by atomic mass is 127.